The number of carbonyl (C=O) groups is 1. The number of aromatic nitrogens is 1. The quantitative estimate of drug-likeness (QED) is 0.824. The van der Waals surface area contributed by atoms with Crippen LogP contribution >= 0.6 is 0 Å². The lowest BCUT2D eigenvalue weighted by atomic mass is 10.0. The molecule has 5 heteroatoms. The Morgan fingerprint density at radius 2 is 1.96 bits per heavy atom. The fraction of sp³-hybridized carbons (Fsp3) is 0.333. The summed E-state index contributed by atoms with van der Waals surface area (Å²) >= 11 is 0. The Labute approximate surface area is 137 Å². The maximum Gasteiger partial charge on any atom is 0.253 e. The van der Waals surface area contributed by atoms with E-state index in [9.17, 15) is 4.79 Å². The topological polar surface area (TPSA) is 65.5 Å². The first kappa shape index (κ1) is 17.0. The average Bonchev–Trinajstić information content (AvgIpc) is 2.59. The fourth-order valence-corrected chi connectivity index (χ4v) is 2.33. The Balaban J connectivity index is 2.10. The molecule has 122 valence electrons. The van der Waals surface area contributed by atoms with Gasteiger partial charge in [0.15, 0.2) is 0 Å². The van der Waals surface area contributed by atoms with Crippen LogP contribution in [0.4, 0.5) is 5.82 Å². The summed E-state index contributed by atoms with van der Waals surface area (Å²) in [6, 6.07) is 13.3. The van der Waals surface area contributed by atoms with Crippen molar-refractivity contribution >= 4 is 11.7 Å². The van der Waals surface area contributed by atoms with Crippen LogP contribution in [-0.2, 0) is 0 Å². The Morgan fingerprint density at radius 1 is 1.22 bits per heavy atom. The Bertz CT molecular complexity index is 612. The molecular weight excluding hydrogens is 290 g/mol. The van der Waals surface area contributed by atoms with E-state index in [1.165, 1.54) is 0 Å². The van der Waals surface area contributed by atoms with E-state index in [1.54, 1.807) is 12.3 Å². The smallest absolute Gasteiger partial charge is 0.253 e. The number of nitrogens with zero attached hydrogens (tertiary/aromatic N) is 2. The number of carbonyl (C=O) groups excluding carboxylic acids is 1. The van der Waals surface area contributed by atoms with E-state index < -0.39 is 0 Å². The summed E-state index contributed by atoms with van der Waals surface area (Å²) in [7, 11) is 3.81. The normalized spacial score (nSPS) is 11.8. The van der Waals surface area contributed by atoms with Crippen LogP contribution < -0.4 is 10.2 Å². The second kappa shape index (κ2) is 8.29. The van der Waals surface area contributed by atoms with E-state index in [-0.39, 0.29) is 18.6 Å². The Morgan fingerprint density at radius 3 is 2.52 bits per heavy atom. The van der Waals surface area contributed by atoms with Crippen molar-refractivity contribution in [2.24, 2.45) is 0 Å². The van der Waals surface area contributed by atoms with Crippen molar-refractivity contribution in [3.05, 3.63) is 59.8 Å². The van der Waals surface area contributed by atoms with Crippen molar-refractivity contribution in [1.82, 2.24) is 10.3 Å². The maximum atomic E-state index is 12.4. The zero-order valence-corrected chi connectivity index (χ0v) is 13.6. The molecule has 0 aliphatic carbocycles. The summed E-state index contributed by atoms with van der Waals surface area (Å²) in [4.78, 5) is 18.6. The molecule has 5 nitrogen and oxygen atoms in total. The molecule has 1 aromatic heterocycles. The second-order valence-corrected chi connectivity index (χ2v) is 5.60. The van der Waals surface area contributed by atoms with Gasteiger partial charge in [0, 0.05) is 26.9 Å². The third-order valence-electron chi connectivity index (χ3n) is 3.63. The molecule has 1 unspecified atom stereocenters. The highest BCUT2D eigenvalue weighted by Gasteiger charge is 2.15. The SMILES string of the molecule is CN(C)c1ccc(C(=O)NC(CCCO)c2ccccc2)cn1. The number of benzene rings is 1. The molecule has 0 saturated heterocycles. The molecule has 0 aliphatic heterocycles. The van der Waals surface area contributed by atoms with Crippen LogP contribution in [0, 0.1) is 0 Å². The van der Waals surface area contributed by atoms with Crippen molar-refractivity contribution in [2.45, 2.75) is 18.9 Å². The summed E-state index contributed by atoms with van der Waals surface area (Å²) in [6.07, 6.45) is 2.91. The van der Waals surface area contributed by atoms with Gasteiger partial charge in [-0.25, -0.2) is 4.98 Å². The molecule has 0 radical (unpaired) electrons. The first-order valence-corrected chi connectivity index (χ1v) is 7.72. The highest BCUT2D eigenvalue weighted by Crippen LogP contribution is 2.19. The van der Waals surface area contributed by atoms with Gasteiger partial charge in [-0.1, -0.05) is 30.3 Å². The predicted molar refractivity (Wildman–Crippen MR) is 91.5 cm³/mol. The van der Waals surface area contributed by atoms with Gasteiger partial charge < -0.3 is 15.3 Å². The maximum absolute atomic E-state index is 12.4. The minimum Gasteiger partial charge on any atom is -0.396 e. The summed E-state index contributed by atoms with van der Waals surface area (Å²) in [5.41, 5.74) is 1.56. The van der Waals surface area contributed by atoms with Crippen molar-refractivity contribution < 1.29 is 9.90 Å². The molecule has 1 heterocycles. The number of hydrogen-bond donors (Lipinski definition) is 2. The average molecular weight is 313 g/mol. The monoisotopic (exact) mass is 313 g/mol. The summed E-state index contributed by atoms with van der Waals surface area (Å²) in [5, 5.41) is 12.1. The Kier molecular flexibility index (Phi) is 6.11. The first-order chi connectivity index (χ1) is 11.1. The second-order valence-electron chi connectivity index (χ2n) is 5.60. The van der Waals surface area contributed by atoms with Gasteiger partial charge in [0.25, 0.3) is 5.91 Å². The lowest BCUT2D eigenvalue weighted by Gasteiger charge is -2.19. The molecule has 0 aliphatic rings. The molecule has 2 N–H and O–H groups in total. The van der Waals surface area contributed by atoms with Crippen molar-refractivity contribution in [3.63, 3.8) is 0 Å². The molecule has 2 rings (SSSR count). The lowest BCUT2D eigenvalue weighted by Crippen LogP contribution is -2.29. The zero-order valence-electron chi connectivity index (χ0n) is 13.6. The van der Waals surface area contributed by atoms with Gasteiger partial charge in [0.1, 0.15) is 5.82 Å². The van der Waals surface area contributed by atoms with Crippen LogP contribution in [0.1, 0.15) is 34.8 Å². The van der Waals surface area contributed by atoms with Crippen molar-refractivity contribution in [3.8, 4) is 0 Å². The molecule has 23 heavy (non-hydrogen) atoms. The molecular formula is C18H23N3O2. The van der Waals surface area contributed by atoms with Gasteiger partial charge in [0.05, 0.1) is 11.6 Å². The van der Waals surface area contributed by atoms with Crippen LogP contribution in [0.15, 0.2) is 48.7 Å². The summed E-state index contributed by atoms with van der Waals surface area (Å²) in [5.74, 6) is 0.649. The zero-order chi connectivity index (χ0) is 16.7. The van der Waals surface area contributed by atoms with E-state index in [0.717, 1.165) is 11.4 Å². The number of rotatable bonds is 7. The summed E-state index contributed by atoms with van der Waals surface area (Å²) in [6.45, 7) is 0.109. The molecule has 0 spiro atoms. The van der Waals surface area contributed by atoms with E-state index in [0.29, 0.717) is 18.4 Å². The molecule has 0 saturated carbocycles. The molecule has 1 aromatic carbocycles. The lowest BCUT2D eigenvalue weighted by molar-refractivity contribution is 0.0932. The third-order valence-corrected chi connectivity index (χ3v) is 3.63. The van der Waals surface area contributed by atoms with Gasteiger partial charge >= 0.3 is 0 Å². The third kappa shape index (κ3) is 4.79. The predicted octanol–water partition coefficient (Wildman–Crippen LogP) is 2.39. The summed E-state index contributed by atoms with van der Waals surface area (Å²) < 4.78 is 0. The number of aliphatic hydroxyl groups is 1. The van der Waals surface area contributed by atoms with Gasteiger partial charge in [-0.3, -0.25) is 4.79 Å². The van der Waals surface area contributed by atoms with Crippen molar-refractivity contribution in [2.75, 3.05) is 25.6 Å². The van der Waals surface area contributed by atoms with E-state index in [4.69, 9.17) is 5.11 Å². The minimum atomic E-state index is -0.158. The fourth-order valence-electron chi connectivity index (χ4n) is 2.33. The van der Waals surface area contributed by atoms with Crippen molar-refractivity contribution in [1.29, 1.82) is 0 Å². The van der Waals surface area contributed by atoms with Gasteiger partial charge in [-0.05, 0) is 30.5 Å². The minimum absolute atomic E-state index is 0.109. The Hall–Kier alpha value is -2.40. The number of amides is 1. The van der Waals surface area contributed by atoms with Crippen LogP contribution in [0.5, 0.6) is 0 Å². The van der Waals surface area contributed by atoms with Crippen LogP contribution in [0.2, 0.25) is 0 Å². The number of hydrogen-bond acceptors (Lipinski definition) is 4. The number of nitrogens with one attached hydrogen (secondary N) is 1. The highest BCUT2D eigenvalue weighted by atomic mass is 16.3. The van der Waals surface area contributed by atoms with E-state index in [2.05, 4.69) is 10.3 Å². The molecule has 1 atom stereocenters. The first-order valence-electron chi connectivity index (χ1n) is 7.72. The molecule has 1 amide bonds. The van der Waals surface area contributed by atoms with Crippen LogP contribution in [0.3, 0.4) is 0 Å². The van der Waals surface area contributed by atoms with E-state index in [1.807, 2.05) is 55.4 Å². The van der Waals surface area contributed by atoms with Gasteiger partial charge in [-0.2, -0.15) is 0 Å². The van der Waals surface area contributed by atoms with Gasteiger partial charge in [-0.15, -0.1) is 0 Å². The number of aliphatic hydroxyl groups excluding tert-OH is 1. The highest BCUT2D eigenvalue weighted by molar-refractivity contribution is 5.94. The molecule has 2 aromatic rings. The number of anilines is 1. The molecule has 0 bridgehead atoms. The largest absolute Gasteiger partial charge is 0.396 e. The van der Waals surface area contributed by atoms with E-state index >= 15 is 0 Å². The standard InChI is InChI=1S/C18H23N3O2/c1-21(2)17-11-10-15(13-19-17)18(23)20-16(9-6-12-22)14-7-4-3-5-8-14/h3-5,7-8,10-11,13,16,22H,6,9,12H2,1-2H3,(H,20,23). The van der Waals surface area contributed by atoms with Gasteiger partial charge in [0.2, 0.25) is 0 Å². The van der Waals surface area contributed by atoms with Crippen LogP contribution in [0.25, 0.3) is 0 Å². The molecule has 0 fully saturated rings. The van der Waals surface area contributed by atoms with Crippen LogP contribution in [-0.4, -0.2) is 36.7 Å². The number of pyridine rings is 1.